The van der Waals surface area contributed by atoms with Gasteiger partial charge >= 0.3 is 11.9 Å². The molecule has 0 aliphatic heterocycles. The molecule has 0 rings (SSSR count). The topological polar surface area (TPSA) is 52.6 Å². The lowest BCUT2D eigenvalue weighted by molar-refractivity contribution is -0.153. The summed E-state index contributed by atoms with van der Waals surface area (Å²) in [5, 5.41) is 0. The molecule has 0 aliphatic carbocycles. The molecule has 0 spiro atoms. The highest BCUT2D eigenvalue weighted by Gasteiger charge is 2.23. The molecule has 0 aliphatic rings. The molecule has 0 saturated heterocycles. The first kappa shape index (κ1) is 17.9. The Kier molecular flexibility index (Phi) is 8.44. The molecular formula is C15H28O4. The van der Waals surface area contributed by atoms with Gasteiger partial charge in [-0.25, -0.2) is 0 Å². The van der Waals surface area contributed by atoms with E-state index in [9.17, 15) is 9.59 Å². The summed E-state index contributed by atoms with van der Waals surface area (Å²) in [5.41, 5.74) is 0. The summed E-state index contributed by atoms with van der Waals surface area (Å²) in [6.45, 7) is 12.4. The molecule has 112 valence electrons. The Hall–Kier alpha value is -1.06. The standard InChI is InChI=1S/C15H28O4/c1-10(2)8-18-14(16)12(5)7-13(6)15(17)19-9-11(3)4/h10-13H,7-9H2,1-6H3/t12-,13+. The van der Waals surface area contributed by atoms with Gasteiger partial charge in [0.1, 0.15) is 0 Å². The zero-order valence-electron chi connectivity index (χ0n) is 13.1. The Balaban J connectivity index is 4.06. The third-order valence-corrected chi connectivity index (χ3v) is 2.63. The van der Waals surface area contributed by atoms with Gasteiger partial charge < -0.3 is 9.47 Å². The Morgan fingerprint density at radius 2 is 1.05 bits per heavy atom. The molecule has 0 N–H and O–H groups in total. The summed E-state index contributed by atoms with van der Waals surface area (Å²) < 4.78 is 10.3. The quantitative estimate of drug-likeness (QED) is 0.637. The predicted octanol–water partition coefficient (Wildman–Crippen LogP) is 3.05. The maximum Gasteiger partial charge on any atom is 0.308 e. The minimum atomic E-state index is -0.277. The smallest absolute Gasteiger partial charge is 0.308 e. The van der Waals surface area contributed by atoms with E-state index in [1.807, 2.05) is 27.7 Å². The molecule has 0 bridgehead atoms. The molecule has 4 nitrogen and oxygen atoms in total. The average molecular weight is 272 g/mol. The highest BCUT2D eigenvalue weighted by atomic mass is 16.5. The molecule has 0 aromatic heterocycles. The zero-order chi connectivity index (χ0) is 15.0. The molecule has 0 radical (unpaired) electrons. The fraction of sp³-hybridized carbons (Fsp3) is 0.867. The van der Waals surface area contributed by atoms with Crippen molar-refractivity contribution in [2.45, 2.75) is 48.0 Å². The van der Waals surface area contributed by atoms with Crippen LogP contribution in [0.25, 0.3) is 0 Å². The van der Waals surface area contributed by atoms with Crippen molar-refractivity contribution in [3.05, 3.63) is 0 Å². The lowest BCUT2D eigenvalue weighted by Crippen LogP contribution is -2.24. The molecule has 0 saturated carbocycles. The predicted molar refractivity (Wildman–Crippen MR) is 74.5 cm³/mol. The normalized spacial score (nSPS) is 14.3. The van der Waals surface area contributed by atoms with Gasteiger partial charge in [-0.1, -0.05) is 41.5 Å². The molecule has 0 aromatic carbocycles. The molecule has 0 amide bonds. The van der Waals surface area contributed by atoms with Crippen molar-refractivity contribution in [3.8, 4) is 0 Å². The zero-order valence-corrected chi connectivity index (χ0v) is 13.1. The number of hydrogen-bond donors (Lipinski definition) is 0. The van der Waals surface area contributed by atoms with Gasteiger partial charge in [-0.05, 0) is 18.3 Å². The average Bonchev–Trinajstić information content (AvgIpc) is 2.32. The van der Waals surface area contributed by atoms with Crippen LogP contribution in [0.15, 0.2) is 0 Å². The summed E-state index contributed by atoms with van der Waals surface area (Å²) in [6, 6.07) is 0. The lowest BCUT2D eigenvalue weighted by atomic mass is 9.97. The second-order valence-electron chi connectivity index (χ2n) is 6.09. The summed E-state index contributed by atoms with van der Waals surface area (Å²) >= 11 is 0. The summed E-state index contributed by atoms with van der Waals surface area (Å²) in [7, 11) is 0. The first-order valence-electron chi connectivity index (χ1n) is 7.07. The van der Waals surface area contributed by atoms with E-state index in [0.29, 0.717) is 31.5 Å². The SMILES string of the molecule is CC(C)COC(=O)[C@H](C)C[C@H](C)C(=O)OCC(C)C. The van der Waals surface area contributed by atoms with Gasteiger partial charge in [0, 0.05) is 0 Å². The van der Waals surface area contributed by atoms with Crippen LogP contribution >= 0.6 is 0 Å². The summed E-state index contributed by atoms with van der Waals surface area (Å²) in [4.78, 5) is 23.4. The highest BCUT2D eigenvalue weighted by molar-refractivity contribution is 5.75. The van der Waals surface area contributed by atoms with Crippen molar-refractivity contribution in [2.75, 3.05) is 13.2 Å². The van der Waals surface area contributed by atoms with E-state index in [-0.39, 0.29) is 23.8 Å². The first-order chi connectivity index (χ1) is 8.73. The lowest BCUT2D eigenvalue weighted by Gasteiger charge is -2.17. The molecular weight excluding hydrogens is 244 g/mol. The van der Waals surface area contributed by atoms with E-state index in [2.05, 4.69) is 0 Å². The third kappa shape index (κ3) is 8.62. The molecule has 19 heavy (non-hydrogen) atoms. The van der Waals surface area contributed by atoms with Crippen LogP contribution in [0, 0.1) is 23.7 Å². The second kappa shape index (κ2) is 8.94. The van der Waals surface area contributed by atoms with Gasteiger partial charge in [0.15, 0.2) is 0 Å². The van der Waals surface area contributed by atoms with Crippen molar-refractivity contribution >= 4 is 11.9 Å². The maximum atomic E-state index is 11.7. The van der Waals surface area contributed by atoms with Crippen molar-refractivity contribution in [1.29, 1.82) is 0 Å². The maximum absolute atomic E-state index is 11.7. The van der Waals surface area contributed by atoms with Gasteiger partial charge in [0.05, 0.1) is 25.0 Å². The highest BCUT2D eigenvalue weighted by Crippen LogP contribution is 2.15. The Morgan fingerprint density at radius 3 is 1.32 bits per heavy atom. The molecule has 0 fully saturated rings. The number of esters is 2. The van der Waals surface area contributed by atoms with Crippen LogP contribution in [0.3, 0.4) is 0 Å². The first-order valence-corrected chi connectivity index (χ1v) is 7.07. The van der Waals surface area contributed by atoms with Gasteiger partial charge in [0.2, 0.25) is 0 Å². The van der Waals surface area contributed by atoms with Crippen LogP contribution in [-0.4, -0.2) is 25.2 Å². The van der Waals surface area contributed by atoms with Gasteiger partial charge in [-0.15, -0.1) is 0 Å². The Labute approximate surface area is 116 Å². The van der Waals surface area contributed by atoms with Crippen LogP contribution in [0.2, 0.25) is 0 Å². The molecule has 0 heterocycles. The Morgan fingerprint density at radius 1 is 0.737 bits per heavy atom. The van der Waals surface area contributed by atoms with E-state index in [0.717, 1.165) is 0 Å². The van der Waals surface area contributed by atoms with E-state index in [4.69, 9.17) is 9.47 Å². The van der Waals surface area contributed by atoms with Crippen molar-refractivity contribution in [2.24, 2.45) is 23.7 Å². The summed E-state index contributed by atoms with van der Waals surface area (Å²) in [6.07, 6.45) is 0.466. The minimum absolute atomic E-state index is 0.239. The van der Waals surface area contributed by atoms with Crippen LogP contribution in [0.4, 0.5) is 0 Å². The molecule has 2 atom stereocenters. The van der Waals surface area contributed by atoms with Crippen molar-refractivity contribution in [1.82, 2.24) is 0 Å². The van der Waals surface area contributed by atoms with E-state index in [1.54, 1.807) is 13.8 Å². The fourth-order valence-corrected chi connectivity index (χ4v) is 1.50. The number of carbonyl (C=O) groups is 2. The molecule has 0 aromatic rings. The van der Waals surface area contributed by atoms with Crippen molar-refractivity contribution in [3.63, 3.8) is 0 Å². The second-order valence-corrected chi connectivity index (χ2v) is 6.09. The summed E-state index contributed by atoms with van der Waals surface area (Å²) in [5.74, 6) is -0.385. The number of ether oxygens (including phenoxy) is 2. The van der Waals surface area contributed by atoms with E-state index in [1.165, 1.54) is 0 Å². The Bertz CT molecular complexity index is 256. The van der Waals surface area contributed by atoms with E-state index < -0.39 is 0 Å². The molecule has 4 heteroatoms. The number of hydrogen-bond acceptors (Lipinski definition) is 4. The third-order valence-electron chi connectivity index (χ3n) is 2.63. The van der Waals surface area contributed by atoms with Crippen molar-refractivity contribution < 1.29 is 19.1 Å². The largest absolute Gasteiger partial charge is 0.465 e. The molecule has 0 unspecified atom stereocenters. The van der Waals surface area contributed by atoms with Gasteiger partial charge in [0.25, 0.3) is 0 Å². The number of carbonyl (C=O) groups excluding carboxylic acids is 2. The van der Waals surface area contributed by atoms with E-state index >= 15 is 0 Å². The van der Waals surface area contributed by atoms with Crippen LogP contribution < -0.4 is 0 Å². The number of rotatable bonds is 8. The van der Waals surface area contributed by atoms with Gasteiger partial charge in [-0.2, -0.15) is 0 Å². The monoisotopic (exact) mass is 272 g/mol. The van der Waals surface area contributed by atoms with Crippen LogP contribution in [-0.2, 0) is 19.1 Å². The van der Waals surface area contributed by atoms with Crippen LogP contribution in [0.1, 0.15) is 48.0 Å². The minimum Gasteiger partial charge on any atom is -0.465 e. The fourth-order valence-electron chi connectivity index (χ4n) is 1.50. The van der Waals surface area contributed by atoms with Crippen LogP contribution in [0.5, 0.6) is 0 Å². The van der Waals surface area contributed by atoms with Gasteiger partial charge in [-0.3, -0.25) is 9.59 Å².